The summed E-state index contributed by atoms with van der Waals surface area (Å²) in [6, 6.07) is 17.3. The summed E-state index contributed by atoms with van der Waals surface area (Å²) in [7, 11) is 0. The summed E-state index contributed by atoms with van der Waals surface area (Å²) in [4.78, 5) is 19.3. The Balaban J connectivity index is 1.29. The lowest BCUT2D eigenvalue weighted by Gasteiger charge is -2.39. The molecule has 4 nitrogen and oxygen atoms in total. The minimum Gasteiger partial charge on any atom is -0.371 e. The van der Waals surface area contributed by atoms with Gasteiger partial charge in [0.2, 0.25) is 5.91 Å². The van der Waals surface area contributed by atoms with Gasteiger partial charge in [-0.15, -0.1) is 0 Å². The van der Waals surface area contributed by atoms with Crippen LogP contribution in [0, 0.1) is 11.7 Å². The van der Waals surface area contributed by atoms with Crippen LogP contribution in [0.5, 0.6) is 0 Å². The van der Waals surface area contributed by atoms with Gasteiger partial charge in [0.25, 0.3) is 0 Å². The molecule has 0 radical (unpaired) electrons. The maximum Gasteiger partial charge on any atom is 0.225 e. The smallest absolute Gasteiger partial charge is 0.225 e. The van der Waals surface area contributed by atoms with Crippen LogP contribution in [-0.2, 0) is 4.79 Å². The zero-order valence-electron chi connectivity index (χ0n) is 15.6. The molecular weight excluding hydrogens is 341 g/mol. The number of nitrogens with zero attached hydrogens (tertiary/aromatic N) is 3. The van der Waals surface area contributed by atoms with Crippen LogP contribution in [0.3, 0.4) is 0 Å². The monoisotopic (exact) mass is 367 g/mol. The predicted octanol–water partition coefficient (Wildman–Crippen LogP) is 3.39. The zero-order chi connectivity index (χ0) is 18.6. The molecule has 2 aromatic carbocycles. The van der Waals surface area contributed by atoms with Gasteiger partial charge in [0.1, 0.15) is 5.82 Å². The minimum atomic E-state index is -0.189. The van der Waals surface area contributed by atoms with E-state index in [0.717, 1.165) is 25.9 Å². The summed E-state index contributed by atoms with van der Waals surface area (Å²) in [6.45, 7) is 4.58. The van der Waals surface area contributed by atoms with Crippen LogP contribution in [0.1, 0.15) is 12.8 Å². The Hall–Kier alpha value is -2.56. The molecular formula is C22H26FN3O. The van der Waals surface area contributed by atoms with Crippen LogP contribution in [-0.4, -0.2) is 50.1 Å². The van der Waals surface area contributed by atoms with Crippen molar-refractivity contribution in [2.75, 3.05) is 49.1 Å². The standard InChI is InChI=1S/C22H26FN3O/c23-20-8-4-5-9-21(20)25-14-16-26(17-15-25)22(27)18-10-12-24(13-11-18)19-6-2-1-3-7-19/h1-9,18H,10-17H2. The second kappa shape index (κ2) is 7.99. The summed E-state index contributed by atoms with van der Waals surface area (Å²) >= 11 is 0. The van der Waals surface area contributed by atoms with Crippen molar-refractivity contribution in [3.63, 3.8) is 0 Å². The highest BCUT2D eigenvalue weighted by Gasteiger charge is 2.30. The highest BCUT2D eigenvalue weighted by molar-refractivity contribution is 5.79. The molecule has 27 heavy (non-hydrogen) atoms. The van der Waals surface area contributed by atoms with E-state index in [2.05, 4.69) is 29.2 Å². The lowest BCUT2D eigenvalue weighted by Crippen LogP contribution is -2.51. The number of hydrogen-bond donors (Lipinski definition) is 0. The number of rotatable bonds is 3. The number of benzene rings is 2. The van der Waals surface area contributed by atoms with Crippen molar-refractivity contribution in [1.29, 1.82) is 0 Å². The second-order valence-corrected chi connectivity index (χ2v) is 7.36. The van der Waals surface area contributed by atoms with Gasteiger partial charge in [0, 0.05) is 50.9 Å². The van der Waals surface area contributed by atoms with Crippen LogP contribution < -0.4 is 9.80 Å². The topological polar surface area (TPSA) is 26.8 Å². The van der Waals surface area contributed by atoms with E-state index in [0.29, 0.717) is 31.9 Å². The molecule has 4 rings (SSSR count). The summed E-state index contributed by atoms with van der Waals surface area (Å²) < 4.78 is 14.0. The first kappa shape index (κ1) is 17.8. The van der Waals surface area contributed by atoms with Crippen LogP contribution in [0.15, 0.2) is 54.6 Å². The number of para-hydroxylation sites is 2. The Labute approximate surface area is 160 Å². The van der Waals surface area contributed by atoms with E-state index >= 15 is 0 Å². The quantitative estimate of drug-likeness (QED) is 0.832. The van der Waals surface area contributed by atoms with E-state index in [1.807, 2.05) is 28.0 Å². The molecule has 2 saturated heterocycles. The third-order valence-electron chi connectivity index (χ3n) is 5.75. The molecule has 142 valence electrons. The fourth-order valence-electron chi connectivity index (χ4n) is 4.16. The third kappa shape index (κ3) is 3.92. The van der Waals surface area contributed by atoms with Crippen LogP contribution in [0.25, 0.3) is 0 Å². The van der Waals surface area contributed by atoms with Gasteiger partial charge in [-0.25, -0.2) is 4.39 Å². The molecule has 0 unspecified atom stereocenters. The van der Waals surface area contributed by atoms with Crippen molar-refractivity contribution in [2.45, 2.75) is 12.8 Å². The van der Waals surface area contributed by atoms with Gasteiger partial charge in [0.15, 0.2) is 0 Å². The Morgan fingerprint density at radius 3 is 2.07 bits per heavy atom. The van der Waals surface area contributed by atoms with Gasteiger partial charge in [0.05, 0.1) is 5.69 Å². The molecule has 2 aromatic rings. The fourth-order valence-corrected chi connectivity index (χ4v) is 4.16. The lowest BCUT2D eigenvalue weighted by molar-refractivity contribution is -0.136. The SMILES string of the molecule is O=C(C1CCN(c2ccccc2)CC1)N1CCN(c2ccccc2F)CC1. The number of carbonyl (C=O) groups excluding carboxylic acids is 1. The van der Waals surface area contributed by atoms with E-state index < -0.39 is 0 Å². The highest BCUT2D eigenvalue weighted by Crippen LogP contribution is 2.26. The molecule has 0 saturated carbocycles. The second-order valence-electron chi connectivity index (χ2n) is 7.36. The molecule has 0 aliphatic carbocycles. The average molecular weight is 367 g/mol. The van der Waals surface area contributed by atoms with Crippen LogP contribution in [0.2, 0.25) is 0 Å². The maximum atomic E-state index is 14.0. The van der Waals surface area contributed by atoms with Crippen LogP contribution >= 0.6 is 0 Å². The third-order valence-corrected chi connectivity index (χ3v) is 5.75. The Bertz CT molecular complexity index is 766. The number of piperidine rings is 1. The number of anilines is 2. The maximum absolute atomic E-state index is 14.0. The predicted molar refractivity (Wildman–Crippen MR) is 107 cm³/mol. The molecule has 5 heteroatoms. The van der Waals surface area contributed by atoms with E-state index in [-0.39, 0.29) is 17.6 Å². The highest BCUT2D eigenvalue weighted by atomic mass is 19.1. The number of hydrogen-bond acceptors (Lipinski definition) is 3. The molecule has 2 aliphatic heterocycles. The van der Waals surface area contributed by atoms with Crippen molar-refractivity contribution in [2.24, 2.45) is 5.92 Å². The summed E-state index contributed by atoms with van der Waals surface area (Å²) in [5.74, 6) is 0.200. The summed E-state index contributed by atoms with van der Waals surface area (Å²) in [5, 5.41) is 0. The molecule has 0 bridgehead atoms. The molecule has 2 aliphatic rings. The van der Waals surface area contributed by atoms with Crippen molar-refractivity contribution in [3.8, 4) is 0 Å². The first-order valence-corrected chi connectivity index (χ1v) is 9.80. The average Bonchev–Trinajstić information content (AvgIpc) is 2.74. The van der Waals surface area contributed by atoms with E-state index in [4.69, 9.17) is 0 Å². The molecule has 1 amide bonds. The van der Waals surface area contributed by atoms with Gasteiger partial charge in [-0.2, -0.15) is 0 Å². The van der Waals surface area contributed by atoms with Crippen molar-refractivity contribution in [3.05, 3.63) is 60.4 Å². The minimum absolute atomic E-state index is 0.116. The van der Waals surface area contributed by atoms with Gasteiger partial charge in [-0.05, 0) is 37.1 Å². The summed E-state index contributed by atoms with van der Waals surface area (Å²) in [5.41, 5.74) is 1.88. The van der Waals surface area contributed by atoms with Crippen molar-refractivity contribution in [1.82, 2.24) is 4.90 Å². The first-order chi connectivity index (χ1) is 13.2. The fraction of sp³-hybridized carbons (Fsp3) is 0.409. The van der Waals surface area contributed by atoms with Crippen molar-refractivity contribution < 1.29 is 9.18 Å². The molecule has 0 aromatic heterocycles. The largest absolute Gasteiger partial charge is 0.371 e. The van der Waals surface area contributed by atoms with E-state index in [1.54, 1.807) is 6.07 Å². The van der Waals surface area contributed by atoms with Gasteiger partial charge < -0.3 is 14.7 Å². The molecule has 0 N–H and O–H groups in total. The van der Waals surface area contributed by atoms with Gasteiger partial charge >= 0.3 is 0 Å². The zero-order valence-corrected chi connectivity index (χ0v) is 15.6. The molecule has 2 heterocycles. The van der Waals surface area contributed by atoms with E-state index in [9.17, 15) is 9.18 Å². The van der Waals surface area contributed by atoms with Gasteiger partial charge in [-0.1, -0.05) is 30.3 Å². The Morgan fingerprint density at radius 2 is 1.41 bits per heavy atom. The number of piperazine rings is 1. The lowest BCUT2D eigenvalue weighted by atomic mass is 9.94. The number of carbonyl (C=O) groups is 1. The van der Waals surface area contributed by atoms with Gasteiger partial charge in [-0.3, -0.25) is 4.79 Å². The Kier molecular flexibility index (Phi) is 5.28. The van der Waals surface area contributed by atoms with Crippen molar-refractivity contribution >= 4 is 17.3 Å². The number of halogens is 1. The van der Waals surface area contributed by atoms with Crippen LogP contribution in [0.4, 0.5) is 15.8 Å². The molecule has 0 spiro atoms. The molecule has 2 fully saturated rings. The first-order valence-electron chi connectivity index (χ1n) is 9.80. The normalized spacial score (nSPS) is 18.6. The molecule has 0 atom stereocenters. The van der Waals surface area contributed by atoms with E-state index in [1.165, 1.54) is 11.8 Å². The summed E-state index contributed by atoms with van der Waals surface area (Å²) in [6.07, 6.45) is 1.81. The Morgan fingerprint density at radius 1 is 0.778 bits per heavy atom. The number of amides is 1.